The van der Waals surface area contributed by atoms with Crippen LogP contribution in [0.3, 0.4) is 0 Å². The molecule has 0 unspecified atom stereocenters. The highest BCUT2D eigenvalue weighted by Gasteiger charge is 2.21. The summed E-state index contributed by atoms with van der Waals surface area (Å²) in [5.41, 5.74) is 4.15. The zero-order chi connectivity index (χ0) is 13.1. The fraction of sp³-hybridized carbons (Fsp3) is 0.0909. The quantitative estimate of drug-likeness (QED) is 0.514. The van der Waals surface area contributed by atoms with Crippen molar-refractivity contribution in [1.82, 2.24) is 10.4 Å². The molecule has 0 saturated heterocycles. The maximum Gasteiger partial charge on any atom is 0.255 e. The van der Waals surface area contributed by atoms with E-state index in [1.807, 2.05) is 0 Å². The zero-order valence-electron chi connectivity index (χ0n) is 9.48. The molecule has 0 saturated carbocycles. The molecule has 0 atom stereocenters. The summed E-state index contributed by atoms with van der Waals surface area (Å²) in [6, 6.07) is 3.30. The van der Waals surface area contributed by atoms with Crippen molar-refractivity contribution in [2.75, 3.05) is 10.7 Å². The Balaban J connectivity index is 2.19. The van der Waals surface area contributed by atoms with E-state index in [2.05, 4.69) is 21.2 Å². The minimum atomic E-state index is -0.666. The van der Waals surface area contributed by atoms with Crippen LogP contribution in [0.25, 0.3) is 0 Å². The second-order valence-corrected chi connectivity index (χ2v) is 3.58. The number of anilines is 3. The van der Waals surface area contributed by atoms with Gasteiger partial charge in [-0.15, -0.1) is 0 Å². The number of nitrogens with one attached hydrogen (secondary N) is 3. The molecular formula is C11H10N4O3. The predicted molar refractivity (Wildman–Crippen MR) is 66.3 cm³/mol. The second-order valence-electron chi connectivity index (χ2n) is 3.58. The average Bonchev–Trinajstić information content (AvgIpc) is 2.38. The van der Waals surface area contributed by atoms with Crippen LogP contribution in [0, 0.1) is 0 Å². The van der Waals surface area contributed by atoms with Gasteiger partial charge in [-0.3, -0.25) is 30.2 Å². The Kier molecular flexibility index (Phi) is 3.05. The van der Waals surface area contributed by atoms with E-state index in [0.717, 1.165) is 0 Å². The van der Waals surface area contributed by atoms with Crippen LogP contribution in [0.5, 0.6) is 0 Å². The van der Waals surface area contributed by atoms with Gasteiger partial charge in [-0.25, -0.2) is 0 Å². The fourth-order valence-electron chi connectivity index (χ4n) is 1.36. The molecule has 7 nitrogen and oxygen atoms in total. The maximum atomic E-state index is 11.4. The number of nitrogens with zero attached hydrogens (tertiary/aromatic N) is 1. The second kappa shape index (κ2) is 4.66. The number of hydrazine groups is 1. The zero-order valence-corrected chi connectivity index (χ0v) is 9.48. The molecule has 0 aliphatic carbocycles. The van der Waals surface area contributed by atoms with E-state index in [4.69, 9.17) is 0 Å². The minimum absolute atomic E-state index is 0.0482. The molecule has 0 aliphatic heterocycles. The molecule has 0 bridgehead atoms. The highest BCUT2D eigenvalue weighted by molar-refractivity contribution is 5.81. The number of rotatable bonds is 4. The first-order valence-corrected chi connectivity index (χ1v) is 5.12. The van der Waals surface area contributed by atoms with E-state index >= 15 is 0 Å². The van der Waals surface area contributed by atoms with Gasteiger partial charge in [-0.05, 0) is 12.1 Å². The van der Waals surface area contributed by atoms with E-state index in [1.165, 1.54) is 6.92 Å². The van der Waals surface area contributed by atoms with Gasteiger partial charge < -0.3 is 5.32 Å². The van der Waals surface area contributed by atoms with Gasteiger partial charge in [-0.2, -0.15) is 0 Å². The Morgan fingerprint density at radius 1 is 1.11 bits per heavy atom. The SMILES string of the molecule is CC(=O)NNc1c(Nc2ccncc2)c(=O)c1=O. The smallest absolute Gasteiger partial charge is 0.255 e. The first-order valence-electron chi connectivity index (χ1n) is 5.12. The number of carbonyl (C=O) groups is 1. The topological polar surface area (TPSA) is 100 Å². The van der Waals surface area contributed by atoms with Crippen LogP contribution in [-0.4, -0.2) is 10.9 Å². The summed E-state index contributed by atoms with van der Waals surface area (Å²) in [7, 11) is 0. The molecule has 1 amide bonds. The standard InChI is InChI=1S/C11H10N4O3/c1-6(16)14-15-9-8(10(17)11(9)18)13-7-2-4-12-5-3-7/h2-5,15H,1H3,(H,12,13)(H,14,16). The van der Waals surface area contributed by atoms with Crippen molar-refractivity contribution in [2.45, 2.75) is 6.92 Å². The highest BCUT2D eigenvalue weighted by atomic mass is 16.2. The van der Waals surface area contributed by atoms with Gasteiger partial charge in [0.2, 0.25) is 5.91 Å². The van der Waals surface area contributed by atoms with Crippen molar-refractivity contribution in [1.29, 1.82) is 0 Å². The lowest BCUT2D eigenvalue weighted by Gasteiger charge is -2.14. The molecule has 92 valence electrons. The van der Waals surface area contributed by atoms with Crippen molar-refractivity contribution < 1.29 is 4.79 Å². The third kappa shape index (κ3) is 2.19. The molecule has 3 N–H and O–H groups in total. The summed E-state index contributed by atoms with van der Waals surface area (Å²) < 4.78 is 0. The summed E-state index contributed by atoms with van der Waals surface area (Å²) in [5.74, 6) is -0.363. The van der Waals surface area contributed by atoms with Crippen LogP contribution >= 0.6 is 0 Å². The summed E-state index contributed by atoms with van der Waals surface area (Å²) in [6.07, 6.45) is 3.10. The molecule has 1 heterocycles. The third-order valence-electron chi connectivity index (χ3n) is 2.22. The van der Waals surface area contributed by atoms with Gasteiger partial charge in [-0.1, -0.05) is 0 Å². The van der Waals surface area contributed by atoms with E-state index in [-0.39, 0.29) is 17.3 Å². The van der Waals surface area contributed by atoms with Gasteiger partial charge in [0, 0.05) is 25.0 Å². The van der Waals surface area contributed by atoms with Crippen molar-refractivity contribution in [3.8, 4) is 0 Å². The summed E-state index contributed by atoms with van der Waals surface area (Å²) in [6.45, 7) is 1.29. The molecule has 0 radical (unpaired) electrons. The van der Waals surface area contributed by atoms with Crippen LogP contribution in [-0.2, 0) is 4.79 Å². The summed E-state index contributed by atoms with van der Waals surface area (Å²) in [4.78, 5) is 37.2. The summed E-state index contributed by atoms with van der Waals surface area (Å²) in [5, 5.41) is 2.79. The molecule has 0 spiro atoms. The molecule has 18 heavy (non-hydrogen) atoms. The van der Waals surface area contributed by atoms with Crippen LogP contribution in [0.1, 0.15) is 6.92 Å². The van der Waals surface area contributed by atoms with E-state index < -0.39 is 10.9 Å². The van der Waals surface area contributed by atoms with Crippen molar-refractivity contribution >= 4 is 23.0 Å². The Morgan fingerprint density at radius 3 is 2.33 bits per heavy atom. The van der Waals surface area contributed by atoms with Crippen molar-refractivity contribution in [3.63, 3.8) is 0 Å². The molecule has 2 aromatic rings. The molecule has 1 aromatic heterocycles. The Morgan fingerprint density at radius 2 is 1.72 bits per heavy atom. The average molecular weight is 246 g/mol. The lowest BCUT2D eigenvalue weighted by Crippen LogP contribution is -2.41. The molecule has 1 aromatic carbocycles. The first-order chi connectivity index (χ1) is 8.59. The highest BCUT2D eigenvalue weighted by Crippen LogP contribution is 2.18. The lowest BCUT2D eigenvalue weighted by molar-refractivity contribution is -0.118. The number of hydrogen-bond donors (Lipinski definition) is 3. The van der Waals surface area contributed by atoms with E-state index in [9.17, 15) is 14.4 Å². The third-order valence-corrected chi connectivity index (χ3v) is 2.22. The van der Waals surface area contributed by atoms with Crippen molar-refractivity contribution in [2.24, 2.45) is 0 Å². The van der Waals surface area contributed by atoms with Gasteiger partial charge >= 0.3 is 0 Å². The van der Waals surface area contributed by atoms with E-state index in [0.29, 0.717) is 5.69 Å². The lowest BCUT2D eigenvalue weighted by atomic mass is 10.2. The number of aromatic nitrogens is 1. The van der Waals surface area contributed by atoms with Gasteiger partial charge in [0.05, 0.1) is 0 Å². The number of amides is 1. The summed E-state index contributed by atoms with van der Waals surface area (Å²) >= 11 is 0. The molecule has 0 fully saturated rings. The number of pyridine rings is 1. The molecule has 2 rings (SSSR count). The Labute approximate surface area is 102 Å². The van der Waals surface area contributed by atoms with Gasteiger partial charge in [0.15, 0.2) is 0 Å². The van der Waals surface area contributed by atoms with Crippen LogP contribution in [0.2, 0.25) is 0 Å². The largest absolute Gasteiger partial charge is 0.350 e. The number of hydrogen-bond acceptors (Lipinski definition) is 6. The van der Waals surface area contributed by atoms with E-state index in [1.54, 1.807) is 24.5 Å². The Bertz CT molecular complexity index is 644. The first kappa shape index (κ1) is 11.8. The predicted octanol–water partition coefficient (Wildman–Crippen LogP) is -0.116. The monoisotopic (exact) mass is 246 g/mol. The maximum absolute atomic E-state index is 11.4. The normalized spacial score (nSPS) is 10.1. The molecule has 7 heteroatoms. The van der Waals surface area contributed by atoms with Gasteiger partial charge in [0.1, 0.15) is 11.4 Å². The van der Waals surface area contributed by atoms with Crippen molar-refractivity contribution in [3.05, 3.63) is 45.0 Å². The Hall–Kier alpha value is -2.70. The molecule has 0 aliphatic rings. The fourth-order valence-corrected chi connectivity index (χ4v) is 1.36. The number of carbonyl (C=O) groups excluding carboxylic acids is 1. The van der Waals surface area contributed by atoms with Gasteiger partial charge in [0.25, 0.3) is 10.9 Å². The van der Waals surface area contributed by atoms with Crippen LogP contribution < -0.4 is 27.0 Å². The van der Waals surface area contributed by atoms with Crippen LogP contribution in [0.4, 0.5) is 17.1 Å². The van der Waals surface area contributed by atoms with Crippen LogP contribution in [0.15, 0.2) is 34.1 Å². The molecular weight excluding hydrogens is 236 g/mol. The minimum Gasteiger partial charge on any atom is -0.350 e.